The van der Waals surface area contributed by atoms with Crippen LogP contribution in [0.4, 0.5) is 0 Å². The standard InChI is InChI=1S/C18H36N2/c1-6-15(5)17-12-20(18(11-19-17)13(2)3)16-9-7-8-14(4)10-16/h13-19H,6-12H2,1-5H3. The summed E-state index contributed by atoms with van der Waals surface area (Å²) in [7, 11) is 0. The Balaban J connectivity index is 2.06. The van der Waals surface area contributed by atoms with E-state index in [1.807, 2.05) is 0 Å². The van der Waals surface area contributed by atoms with Gasteiger partial charge in [-0.15, -0.1) is 0 Å². The predicted octanol–water partition coefficient (Wildman–Crippen LogP) is 3.91. The molecule has 0 aromatic rings. The fourth-order valence-corrected chi connectivity index (χ4v) is 4.22. The molecule has 0 amide bonds. The molecule has 2 aliphatic rings. The molecule has 1 aliphatic carbocycles. The Morgan fingerprint density at radius 3 is 2.55 bits per heavy atom. The summed E-state index contributed by atoms with van der Waals surface area (Å²) in [6.45, 7) is 14.4. The van der Waals surface area contributed by atoms with Crippen molar-refractivity contribution in [2.24, 2.45) is 17.8 Å². The number of nitrogens with zero attached hydrogens (tertiary/aromatic N) is 1. The van der Waals surface area contributed by atoms with Gasteiger partial charge in [0, 0.05) is 31.2 Å². The van der Waals surface area contributed by atoms with E-state index in [1.54, 1.807) is 0 Å². The number of hydrogen-bond donors (Lipinski definition) is 1. The van der Waals surface area contributed by atoms with Gasteiger partial charge in [-0.1, -0.05) is 53.9 Å². The molecule has 2 heteroatoms. The van der Waals surface area contributed by atoms with Crippen molar-refractivity contribution < 1.29 is 0 Å². The van der Waals surface area contributed by atoms with Crippen LogP contribution in [0.25, 0.3) is 0 Å². The maximum Gasteiger partial charge on any atom is 0.0247 e. The normalized spacial score (nSPS) is 38.1. The SMILES string of the molecule is CCC(C)C1CN(C2CCCC(C)C2)C(C(C)C)CN1. The van der Waals surface area contributed by atoms with Crippen LogP contribution in [0.5, 0.6) is 0 Å². The third-order valence-corrected chi connectivity index (χ3v) is 5.90. The Bertz CT molecular complexity index is 289. The predicted molar refractivity (Wildman–Crippen MR) is 88.0 cm³/mol. The van der Waals surface area contributed by atoms with Crippen molar-refractivity contribution in [1.82, 2.24) is 10.2 Å². The van der Waals surface area contributed by atoms with Crippen molar-refractivity contribution >= 4 is 0 Å². The molecule has 20 heavy (non-hydrogen) atoms. The topological polar surface area (TPSA) is 15.3 Å². The molecule has 1 saturated heterocycles. The minimum absolute atomic E-state index is 0.701. The van der Waals surface area contributed by atoms with E-state index in [0.717, 1.165) is 29.8 Å². The van der Waals surface area contributed by atoms with E-state index in [1.165, 1.54) is 45.2 Å². The molecule has 0 bridgehead atoms. The van der Waals surface area contributed by atoms with Crippen LogP contribution < -0.4 is 5.32 Å². The number of rotatable bonds is 4. The molecule has 5 atom stereocenters. The lowest BCUT2D eigenvalue weighted by Gasteiger charge is -2.49. The van der Waals surface area contributed by atoms with E-state index < -0.39 is 0 Å². The Hall–Kier alpha value is -0.0800. The molecular formula is C18H36N2. The van der Waals surface area contributed by atoms with Crippen LogP contribution in [0.1, 0.15) is 66.7 Å². The van der Waals surface area contributed by atoms with E-state index in [9.17, 15) is 0 Å². The van der Waals surface area contributed by atoms with Crippen LogP contribution in [0.15, 0.2) is 0 Å². The number of nitrogens with one attached hydrogen (secondary N) is 1. The van der Waals surface area contributed by atoms with E-state index in [2.05, 4.69) is 44.8 Å². The van der Waals surface area contributed by atoms with Crippen molar-refractivity contribution in [2.45, 2.75) is 84.8 Å². The molecule has 5 unspecified atom stereocenters. The van der Waals surface area contributed by atoms with Gasteiger partial charge in [0.25, 0.3) is 0 Å². The third kappa shape index (κ3) is 3.76. The van der Waals surface area contributed by atoms with E-state index in [4.69, 9.17) is 0 Å². The van der Waals surface area contributed by atoms with Crippen molar-refractivity contribution in [2.75, 3.05) is 13.1 Å². The summed E-state index contributed by atoms with van der Waals surface area (Å²) < 4.78 is 0. The molecule has 0 spiro atoms. The van der Waals surface area contributed by atoms with Gasteiger partial charge in [0.05, 0.1) is 0 Å². The highest BCUT2D eigenvalue weighted by atomic mass is 15.3. The molecule has 1 N–H and O–H groups in total. The molecule has 118 valence electrons. The maximum atomic E-state index is 3.84. The van der Waals surface area contributed by atoms with E-state index >= 15 is 0 Å². The fourth-order valence-electron chi connectivity index (χ4n) is 4.22. The smallest absolute Gasteiger partial charge is 0.0247 e. The van der Waals surface area contributed by atoms with Crippen LogP contribution in [-0.4, -0.2) is 36.1 Å². The van der Waals surface area contributed by atoms with Gasteiger partial charge in [-0.25, -0.2) is 0 Å². The molecule has 1 heterocycles. The Kier molecular flexibility index (Phi) is 5.92. The zero-order valence-electron chi connectivity index (χ0n) is 14.4. The van der Waals surface area contributed by atoms with E-state index in [-0.39, 0.29) is 0 Å². The highest BCUT2D eigenvalue weighted by Crippen LogP contribution is 2.31. The maximum absolute atomic E-state index is 3.84. The summed E-state index contributed by atoms with van der Waals surface area (Å²) in [4.78, 5) is 2.90. The van der Waals surface area contributed by atoms with Gasteiger partial charge in [-0.2, -0.15) is 0 Å². The van der Waals surface area contributed by atoms with Crippen LogP contribution >= 0.6 is 0 Å². The first kappa shape index (κ1) is 16.3. The van der Waals surface area contributed by atoms with Crippen molar-refractivity contribution in [3.05, 3.63) is 0 Å². The average Bonchev–Trinajstić information content (AvgIpc) is 2.45. The Morgan fingerprint density at radius 1 is 1.20 bits per heavy atom. The zero-order chi connectivity index (χ0) is 14.7. The summed E-state index contributed by atoms with van der Waals surface area (Å²) in [5.41, 5.74) is 0. The quantitative estimate of drug-likeness (QED) is 0.840. The first-order valence-corrected chi connectivity index (χ1v) is 9.02. The molecule has 2 fully saturated rings. The first-order valence-electron chi connectivity index (χ1n) is 9.02. The lowest BCUT2D eigenvalue weighted by atomic mass is 9.83. The van der Waals surface area contributed by atoms with Crippen LogP contribution in [0.2, 0.25) is 0 Å². The van der Waals surface area contributed by atoms with Crippen molar-refractivity contribution in [3.8, 4) is 0 Å². The van der Waals surface area contributed by atoms with Gasteiger partial charge in [0.2, 0.25) is 0 Å². The minimum atomic E-state index is 0.701. The third-order valence-electron chi connectivity index (χ3n) is 5.90. The van der Waals surface area contributed by atoms with Crippen molar-refractivity contribution in [3.63, 3.8) is 0 Å². The highest BCUT2D eigenvalue weighted by molar-refractivity contribution is 4.94. The average molecular weight is 280 g/mol. The zero-order valence-corrected chi connectivity index (χ0v) is 14.4. The van der Waals surface area contributed by atoms with Gasteiger partial charge in [-0.05, 0) is 30.6 Å². The second-order valence-electron chi connectivity index (χ2n) is 7.83. The number of hydrogen-bond acceptors (Lipinski definition) is 2. The summed E-state index contributed by atoms with van der Waals surface area (Å²) >= 11 is 0. The van der Waals surface area contributed by atoms with E-state index in [0.29, 0.717) is 6.04 Å². The van der Waals surface area contributed by atoms with Gasteiger partial charge < -0.3 is 5.32 Å². The molecule has 2 nitrogen and oxygen atoms in total. The van der Waals surface area contributed by atoms with Gasteiger partial charge in [0.1, 0.15) is 0 Å². The molecule has 0 aromatic carbocycles. The molecular weight excluding hydrogens is 244 g/mol. The first-order chi connectivity index (χ1) is 9.52. The second-order valence-corrected chi connectivity index (χ2v) is 7.83. The van der Waals surface area contributed by atoms with Crippen LogP contribution in [-0.2, 0) is 0 Å². The molecule has 0 aromatic heterocycles. The highest BCUT2D eigenvalue weighted by Gasteiger charge is 2.36. The van der Waals surface area contributed by atoms with Crippen LogP contribution in [0.3, 0.4) is 0 Å². The lowest BCUT2D eigenvalue weighted by Crippen LogP contribution is -2.62. The van der Waals surface area contributed by atoms with Gasteiger partial charge >= 0.3 is 0 Å². The second kappa shape index (κ2) is 7.26. The molecule has 1 saturated carbocycles. The largest absolute Gasteiger partial charge is 0.311 e. The minimum Gasteiger partial charge on any atom is -0.311 e. The molecule has 2 rings (SSSR count). The molecule has 1 aliphatic heterocycles. The van der Waals surface area contributed by atoms with Crippen LogP contribution in [0, 0.1) is 17.8 Å². The molecule has 0 radical (unpaired) electrons. The van der Waals surface area contributed by atoms with Crippen molar-refractivity contribution in [1.29, 1.82) is 0 Å². The van der Waals surface area contributed by atoms with Gasteiger partial charge in [-0.3, -0.25) is 4.90 Å². The summed E-state index contributed by atoms with van der Waals surface area (Å²) in [6.07, 6.45) is 7.04. The summed E-state index contributed by atoms with van der Waals surface area (Å²) in [5.74, 6) is 2.49. The summed E-state index contributed by atoms with van der Waals surface area (Å²) in [5, 5.41) is 3.84. The Morgan fingerprint density at radius 2 is 1.95 bits per heavy atom. The fraction of sp³-hybridized carbons (Fsp3) is 1.00. The Labute approximate surface area is 126 Å². The van der Waals surface area contributed by atoms with Gasteiger partial charge in [0.15, 0.2) is 0 Å². The monoisotopic (exact) mass is 280 g/mol. The number of piperazine rings is 1. The summed E-state index contributed by atoms with van der Waals surface area (Å²) in [6, 6.07) is 2.29. The lowest BCUT2D eigenvalue weighted by molar-refractivity contribution is 0.0207.